The summed E-state index contributed by atoms with van der Waals surface area (Å²) in [6.07, 6.45) is 45.2. The van der Waals surface area contributed by atoms with Crippen molar-refractivity contribution in [3.8, 4) is 0 Å². The third kappa shape index (κ3) is 45.5. The van der Waals surface area contributed by atoms with Crippen molar-refractivity contribution in [2.75, 3.05) is 13.2 Å². The van der Waals surface area contributed by atoms with Gasteiger partial charge in [0.15, 0.2) is 6.10 Å². The van der Waals surface area contributed by atoms with Crippen LogP contribution < -0.4 is 0 Å². The maximum atomic E-state index is 12.8. The third-order valence-corrected chi connectivity index (χ3v) is 11.7. The van der Waals surface area contributed by atoms with Gasteiger partial charge in [-0.3, -0.25) is 14.4 Å². The molecule has 1 atom stereocenters. The molecule has 0 fully saturated rings. The highest BCUT2D eigenvalue weighted by atomic mass is 16.6. The van der Waals surface area contributed by atoms with E-state index in [0.717, 1.165) is 69.6 Å². The number of esters is 3. The van der Waals surface area contributed by atoms with Crippen LogP contribution in [0.1, 0.15) is 285 Å². The maximum absolute atomic E-state index is 12.8. The number of unbranched alkanes of at least 4 members (excludes halogenated alkanes) is 31. The Morgan fingerprint density at radius 1 is 0.328 bits per heavy atom. The van der Waals surface area contributed by atoms with Gasteiger partial charge in [0, 0.05) is 19.3 Å². The Kier molecular flexibility index (Phi) is 43.7. The van der Waals surface area contributed by atoms with Crippen LogP contribution in [0.15, 0.2) is 0 Å². The highest BCUT2D eigenvalue weighted by molar-refractivity contribution is 5.71. The zero-order valence-electron chi connectivity index (χ0n) is 39.7. The van der Waals surface area contributed by atoms with Gasteiger partial charge in [-0.2, -0.15) is 0 Å². The van der Waals surface area contributed by atoms with Crippen LogP contribution in [-0.2, 0) is 28.6 Å². The first-order chi connectivity index (χ1) is 28.2. The molecule has 0 amide bonds. The van der Waals surface area contributed by atoms with Crippen molar-refractivity contribution in [1.82, 2.24) is 0 Å². The summed E-state index contributed by atoms with van der Waals surface area (Å²) < 4.78 is 16.8. The molecule has 58 heavy (non-hydrogen) atoms. The first-order valence-corrected chi connectivity index (χ1v) is 25.7. The van der Waals surface area contributed by atoms with Crippen molar-refractivity contribution in [3.05, 3.63) is 0 Å². The van der Waals surface area contributed by atoms with E-state index in [4.69, 9.17) is 14.2 Å². The number of carbonyl (C=O) groups is 3. The van der Waals surface area contributed by atoms with E-state index < -0.39 is 6.10 Å². The van der Waals surface area contributed by atoms with Crippen molar-refractivity contribution in [3.63, 3.8) is 0 Å². The van der Waals surface area contributed by atoms with E-state index >= 15 is 0 Å². The lowest BCUT2D eigenvalue weighted by Gasteiger charge is -2.18. The predicted molar refractivity (Wildman–Crippen MR) is 247 cm³/mol. The molecule has 0 saturated heterocycles. The minimum atomic E-state index is -0.761. The van der Waals surface area contributed by atoms with E-state index in [1.54, 1.807) is 0 Å². The molecule has 0 aliphatic rings. The molecular formula is C52H100O6. The minimum Gasteiger partial charge on any atom is -0.462 e. The van der Waals surface area contributed by atoms with Gasteiger partial charge in [0.05, 0.1) is 0 Å². The van der Waals surface area contributed by atoms with E-state index in [-0.39, 0.29) is 31.1 Å². The molecule has 344 valence electrons. The topological polar surface area (TPSA) is 78.9 Å². The molecule has 0 rings (SSSR count). The Labute approximate surface area is 361 Å². The summed E-state index contributed by atoms with van der Waals surface area (Å²) in [5.41, 5.74) is 0. The van der Waals surface area contributed by atoms with Crippen LogP contribution in [0.2, 0.25) is 0 Å². The number of ether oxygens (including phenoxy) is 3. The second-order valence-corrected chi connectivity index (χ2v) is 18.8. The van der Waals surface area contributed by atoms with Crippen LogP contribution in [0.3, 0.4) is 0 Å². The van der Waals surface area contributed by atoms with Gasteiger partial charge >= 0.3 is 17.9 Å². The molecule has 0 spiro atoms. The molecule has 0 aromatic carbocycles. The van der Waals surface area contributed by atoms with Gasteiger partial charge in [0.2, 0.25) is 0 Å². The number of carbonyl (C=O) groups excluding carboxylic acids is 3. The lowest BCUT2D eigenvalue weighted by atomic mass is 10.0. The van der Waals surface area contributed by atoms with Gasteiger partial charge in [-0.25, -0.2) is 0 Å². The molecule has 0 unspecified atom stereocenters. The Balaban J connectivity index is 4.24. The normalized spacial score (nSPS) is 12.1. The number of rotatable bonds is 46. The highest BCUT2D eigenvalue weighted by Gasteiger charge is 2.19. The fourth-order valence-electron chi connectivity index (χ4n) is 7.81. The van der Waals surface area contributed by atoms with Gasteiger partial charge in [-0.1, -0.05) is 247 Å². The van der Waals surface area contributed by atoms with Gasteiger partial charge in [-0.05, 0) is 31.1 Å². The van der Waals surface area contributed by atoms with Crippen LogP contribution >= 0.6 is 0 Å². The van der Waals surface area contributed by atoms with E-state index in [1.807, 2.05) is 0 Å². The molecule has 0 bridgehead atoms. The third-order valence-electron chi connectivity index (χ3n) is 11.7. The fourth-order valence-corrected chi connectivity index (χ4v) is 7.81. The Morgan fingerprint density at radius 2 is 0.569 bits per heavy atom. The molecule has 0 aliphatic carbocycles. The van der Waals surface area contributed by atoms with Gasteiger partial charge in [-0.15, -0.1) is 0 Å². The summed E-state index contributed by atoms with van der Waals surface area (Å²) in [6.45, 7) is 11.4. The zero-order chi connectivity index (χ0) is 42.6. The van der Waals surface area contributed by atoms with Crippen LogP contribution in [0.4, 0.5) is 0 Å². The largest absolute Gasteiger partial charge is 0.462 e. The van der Waals surface area contributed by atoms with Crippen molar-refractivity contribution in [2.24, 2.45) is 11.8 Å². The summed E-state index contributed by atoms with van der Waals surface area (Å²) in [6, 6.07) is 0. The highest BCUT2D eigenvalue weighted by Crippen LogP contribution is 2.17. The fraction of sp³-hybridized carbons (Fsp3) is 0.942. The molecule has 0 aliphatic heterocycles. The Hall–Kier alpha value is -1.59. The summed E-state index contributed by atoms with van der Waals surface area (Å²) in [5.74, 6) is 0.814. The maximum Gasteiger partial charge on any atom is 0.306 e. The molecule has 0 saturated carbocycles. The lowest BCUT2D eigenvalue weighted by Crippen LogP contribution is -2.30. The number of hydrogen-bond donors (Lipinski definition) is 0. The van der Waals surface area contributed by atoms with Crippen LogP contribution in [0, 0.1) is 11.8 Å². The predicted octanol–water partition coefficient (Wildman–Crippen LogP) is 16.5. The summed E-state index contributed by atoms with van der Waals surface area (Å²) >= 11 is 0. The average Bonchev–Trinajstić information content (AvgIpc) is 3.19. The molecule has 0 aromatic heterocycles. The van der Waals surface area contributed by atoms with Crippen LogP contribution in [0.5, 0.6) is 0 Å². The minimum absolute atomic E-state index is 0.0638. The molecule has 0 aromatic rings. The van der Waals surface area contributed by atoms with Crippen LogP contribution in [-0.4, -0.2) is 37.2 Å². The second kappa shape index (κ2) is 44.9. The molecular weight excluding hydrogens is 721 g/mol. The van der Waals surface area contributed by atoms with E-state index in [0.29, 0.717) is 19.3 Å². The summed E-state index contributed by atoms with van der Waals surface area (Å²) in [7, 11) is 0. The van der Waals surface area contributed by atoms with Gasteiger partial charge in [0.25, 0.3) is 0 Å². The van der Waals surface area contributed by atoms with E-state index in [9.17, 15) is 14.4 Å². The van der Waals surface area contributed by atoms with Crippen molar-refractivity contribution in [2.45, 2.75) is 291 Å². The quantitative estimate of drug-likeness (QED) is 0.0346. The molecule has 0 heterocycles. The van der Waals surface area contributed by atoms with Gasteiger partial charge in [0.1, 0.15) is 13.2 Å². The average molecular weight is 821 g/mol. The van der Waals surface area contributed by atoms with E-state index in [2.05, 4.69) is 34.6 Å². The molecule has 6 heteroatoms. The zero-order valence-corrected chi connectivity index (χ0v) is 39.7. The summed E-state index contributed by atoms with van der Waals surface area (Å²) in [5, 5.41) is 0. The molecule has 6 nitrogen and oxygen atoms in total. The summed E-state index contributed by atoms with van der Waals surface area (Å²) in [4.78, 5) is 37.8. The van der Waals surface area contributed by atoms with Crippen LogP contribution in [0.25, 0.3) is 0 Å². The molecule has 0 N–H and O–H groups in total. The standard InChI is InChI=1S/C52H100O6/c1-6-7-8-9-10-20-27-32-37-42-50(53)56-45-49(58-52(55)44-39-34-29-24-19-18-22-26-31-36-41-48(4)5)46-57-51(54)43-38-33-28-23-17-15-13-11-12-14-16-21-25-30-35-40-47(2)3/h47-49H,6-46H2,1-5H3/t49-/m1/s1. The Bertz CT molecular complexity index is 885. The van der Waals surface area contributed by atoms with Crippen molar-refractivity contribution < 1.29 is 28.6 Å². The molecule has 0 radical (unpaired) electrons. The smallest absolute Gasteiger partial charge is 0.306 e. The lowest BCUT2D eigenvalue weighted by molar-refractivity contribution is -0.167. The second-order valence-electron chi connectivity index (χ2n) is 18.8. The SMILES string of the molecule is CCCCCCCCCCCC(=O)OC[C@H](COC(=O)CCCCCCCCCCCCCCCCCC(C)C)OC(=O)CCCCCCCCCCCCC(C)C. The first-order valence-electron chi connectivity index (χ1n) is 25.7. The first kappa shape index (κ1) is 56.4. The van der Waals surface area contributed by atoms with Crippen molar-refractivity contribution in [1.29, 1.82) is 0 Å². The van der Waals surface area contributed by atoms with E-state index in [1.165, 1.54) is 173 Å². The monoisotopic (exact) mass is 821 g/mol. The Morgan fingerprint density at radius 3 is 0.845 bits per heavy atom. The van der Waals surface area contributed by atoms with Gasteiger partial charge < -0.3 is 14.2 Å². The van der Waals surface area contributed by atoms with Crippen molar-refractivity contribution >= 4 is 17.9 Å². The number of hydrogen-bond acceptors (Lipinski definition) is 6.